The molecule has 2 unspecified atom stereocenters. The third kappa shape index (κ3) is 3.81. The number of nitrogens with one attached hydrogen (secondary N) is 1. The summed E-state index contributed by atoms with van der Waals surface area (Å²) in [6, 6.07) is 0.542. The highest BCUT2D eigenvalue weighted by molar-refractivity contribution is 5.05. The third-order valence-corrected chi connectivity index (χ3v) is 4.37. The summed E-state index contributed by atoms with van der Waals surface area (Å²) in [5.41, 5.74) is 0.494. The molecule has 0 spiro atoms. The number of rotatable bonds is 8. The average molecular weight is 278 g/mol. The van der Waals surface area contributed by atoms with Crippen molar-refractivity contribution in [1.29, 1.82) is 0 Å². The monoisotopic (exact) mass is 278 g/mol. The molecule has 4 heteroatoms. The fourth-order valence-electron chi connectivity index (χ4n) is 3.02. The minimum atomic E-state index is 0.494. The first-order valence-corrected chi connectivity index (χ1v) is 8.04. The van der Waals surface area contributed by atoms with Crippen molar-refractivity contribution >= 4 is 0 Å². The number of aromatic nitrogens is 3. The lowest BCUT2D eigenvalue weighted by Crippen LogP contribution is -2.36. The molecule has 1 N–H and O–H groups in total. The summed E-state index contributed by atoms with van der Waals surface area (Å²) in [5, 5.41) is 8.11. The molecule has 0 aromatic carbocycles. The number of hydrogen-bond acceptors (Lipinski definition) is 3. The Balaban J connectivity index is 2.02. The van der Waals surface area contributed by atoms with Gasteiger partial charge in [0.1, 0.15) is 12.2 Å². The lowest BCUT2D eigenvalue weighted by molar-refractivity contribution is 0.382. The van der Waals surface area contributed by atoms with Gasteiger partial charge in [0.05, 0.1) is 0 Å². The van der Waals surface area contributed by atoms with E-state index in [1.54, 1.807) is 6.33 Å². The van der Waals surface area contributed by atoms with Crippen LogP contribution < -0.4 is 5.32 Å². The zero-order valence-electron chi connectivity index (χ0n) is 13.7. The van der Waals surface area contributed by atoms with Crippen LogP contribution in [-0.2, 0) is 13.0 Å². The zero-order chi connectivity index (χ0) is 14.8. The van der Waals surface area contributed by atoms with Crippen LogP contribution in [0.25, 0.3) is 0 Å². The van der Waals surface area contributed by atoms with Gasteiger partial charge < -0.3 is 5.32 Å². The lowest BCUT2D eigenvalue weighted by Gasteiger charge is -2.20. The molecule has 1 fully saturated rings. The van der Waals surface area contributed by atoms with E-state index < -0.39 is 0 Å². The molecule has 0 radical (unpaired) electrons. The van der Waals surface area contributed by atoms with E-state index in [0.29, 0.717) is 17.4 Å². The summed E-state index contributed by atoms with van der Waals surface area (Å²) in [7, 11) is 0. The molecule has 0 amide bonds. The van der Waals surface area contributed by atoms with E-state index in [0.717, 1.165) is 31.3 Å². The molecule has 4 nitrogen and oxygen atoms in total. The van der Waals surface area contributed by atoms with E-state index in [9.17, 15) is 0 Å². The van der Waals surface area contributed by atoms with Crippen LogP contribution in [0.1, 0.15) is 53.3 Å². The van der Waals surface area contributed by atoms with Crippen LogP contribution in [0.3, 0.4) is 0 Å². The summed E-state index contributed by atoms with van der Waals surface area (Å²) in [6.45, 7) is 13.5. The maximum Gasteiger partial charge on any atom is 0.138 e. The Morgan fingerprint density at radius 3 is 2.70 bits per heavy atom. The van der Waals surface area contributed by atoms with Crippen molar-refractivity contribution in [1.82, 2.24) is 20.1 Å². The van der Waals surface area contributed by atoms with Gasteiger partial charge in [-0.25, -0.2) is 9.67 Å². The van der Waals surface area contributed by atoms with Crippen molar-refractivity contribution in [3.05, 3.63) is 12.2 Å². The second-order valence-electron chi connectivity index (χ2n) is 7.32. The SMILES string of the molecule is CCCNC(Cc1ncnn1CC(C)C)C1CC1(C)C. The average Bonchev–Trinajstić information content (AvgIpc) is 2.79. The Morgan fingerprint density at radius 2 is 2.15 bits per heavy atom. The van der Waals surface area contributed by atoms with Gasteiger partial charge >= 0.3 is 0 Å². The highest BCUT2D eigenvalue weighted by Gasteiger charge is 2.49. The molecule has 2 rings (SSSR count). The molecule has 0 bridgehead atoms. The quantitative estimate of drug-likeness (QED) is 0.795. The molecule has 1 aromatic rings. The summed E-state index contributed by atoms with van der Waals surface area (Å²) >= 11 is 0. The van der Waals surface area contributed by atoms with Crippen LogP contribution in [0, 0.1) is 17.3 Å². The smallest absolute Gasteiger partial charge is 0.138 e. The summed E-state index contributed by atoms with van der Waals surface area (Å²) < 4.78 is 2.08. The zero-order valence-corrected chi connectivity index (χ0v) is 13.7. The molecule has 1 heterocycles. The van der Waals surface area contributed by atoms with Crippen molar-refractivity contribution in [2.75, 3.05) is 6.54 Å². The Kier molecular flexibility index (Phi) is 4.84. The van der Waals surface area contributed by atoms with Crippen molar-refractivity contribution in [3.8, 4) is 0 Å². The topological polar surface area (TPSA) is 42.7 Å². The summed E-state index contributed by atoms with van der Waals surface area (Å²) in [5.74, 6) is 2.52. The Morgan fingerprint density at radius 1 is 1.45 bits per heavy atom. The lowest BCUT2D eigenvalue weighted by atomic mass is 10.0. The highest BCUT2D eigenvalue weighted by atomic mass is 15.3. The Labute approximate surface area is 123 Å². The summed E-state index contributed by atoms with van der Waals surface area (Å²) in [4.78, 5) is 4.49. The molecule has 0 saturated heterocycles. The van der Waals surface area contributed by atoms with Gasteiger partial charge in [-0.2, -0.15) is 5.10 Å². The van der Waals surface area contributed by atoms with E-state index in [4.69, 9.17) is 0 Å². The summed E-state index contributed by atoms with van der Waals surface area (Å²) in [6.07, 6.45) is 5.21. The molecule has 1 aliphatic rings. The third-order valence-electron chi connectivity index (χ3n) is 4.37. The van der Waals surface area contributed by atoms with Crippen molar-refractivity contribution < 1.29 is 0 Å². The van der Waals surface area contributed by atoms with Crippen molar-refractivity contribution in [3.63, 3.8) is 0 Å². The predicted octanol–water partition coefficient (Wildman–Crippen LogP) is 2.89. The van der Waals surface area contributed by atoms with Crippen LogP contribution >= 0.6 is 0 Å². The van der Waals surface area contributed by atoms with Gasteiger partial charge in [-0.1, -0.05) is 34.6 Å². The molecular formula is C16H30N4. The molecule has 1 aliphatic carbocycles. The Hall–Kier alpha value is -0.900. The maximum atomic E-state index is 4.49. The largest absolute Gasteiger partial charge is 0.313 e. The van der Waals surface area contributed by atoms with Gasteiger partial charge in [0, 0.05) is 19.0 Å². The highest BCUT2D eigenvalue weighted by Crippen LogP contribution is 2.53. The molecule has 2 atom stereocenters. The van der Waals surface area contributed by atoms with E-state index in [2.05, 4.69) is 54.7 Å². The van der Waals surface area contributed by atoms with Gasteiger partial charge in [-0.15, -0.1) is 0 Å². The van der Waals surface area contributed by atoms with Gasteiger partial charge in [0.25, 0.3) is 0 Å². The first kappa shape index (κ1) is 15.5. The van der Waals surface area contributed by atoms with Gasteiger partial charge in [-0.3, -0.25) is 0 Å². The van der Waals surface area contributed by atoms with Crippen molar-refractivity contribution in [2.45, 2.75) is 66.5 Å². The van der Waals surface area contributed by atoms with Crippen LogP contribution in [-0.4, -0.2) is 27.4 Å². The van der Waals surface area contributed by atoms with Gasteiger partial charge in [0.2, 0.25) is 0 Å². The van der Waals surface area contributed by atoms with E-state index in [1.165, 1.54) is 12.8 Å². The van der Waals surface area contributed by atoms with Crippen LogP contribution in [0.4, 0.5) is 0 Å². The van der Waals surface area contributed by atoms with E-state index in [1.807, 2.05) is 0 Å². The van der Waals surface area contributed by atoms with Gasteiger partial charge in [-0.05, 0) is 36.6 Å². The fourth-order valence-corrected chi connectivity index (χ4v) is 3.02. The van der Waals surface area contributed by atoms with Gasteiger partial charge in [0.15, 0.2) is 0 Å². The standard InChI is InChI=1S/C16H30N4/c1-6-7-17-14(13-9-16(13,4)5)8-15-18-11-19-20(15)10-12(2)3/h11-14,17H,6-10H2,1-5H3. The molecule has 1 aromatic heterocycles. The number of hydrogen-bond donors (Lipinski definition) is 1. The first-order chi connectivity index (χ1) is 9.44. The maximum absolute atomic E-state index is 4.49. The Bertz CT molecular complexity index is 422. The van der Waals surface area contributed by atoms with E-state index in [-0.39, 0.29) is 0 Å². The van der Waals surface area contributed by atoms with Crippen LogP contribution in [0.2, 0.25) is 0 Å². The minimum absolute atomic E-state index is 0.494. The number of nitrogens with zero attached hydrogens (tertiary/aromatic N) is 3. The van der Waals surface area contributed by atoms with Crippen LogP contribution in [0.5, 0.6) is 0 Å². The second kappa shape index (κ2) is 6.25. The first-order valence-electron chi connectivity index (χ1n) is 8.04. The molecule has 114 valence electrons. The second-order valence-corrected chi connectivity index (χ2v) is 7.32. The van der Waals surface area contributed by atoms with E-state index >= 15 is 0 Å². The fraction of sp³-hybridized carbons (Fsp3) is 0.875. The molecular weight excluding hydrogens is 248 g/mol. The predicted molar refractivity (Wildman–Crippen MR) is 82.5 cm³/mol. The van der Waals surface area contributed by atoms with Crippen LogP contribution in [0.15, 0.2) is 6.33 Å². The molecule has 20 heavy (non-hydrogen) atoms. The minimum Gasteiger partial charge on any atom is -0.313 e. The molecule has 1 saturated carbocycles. The normalized spacial score (nSPS) is 22.2. The van der Waals surface area contributed by atoms with Crippen molar-refractivity contribution in [2.24, 2.45) is 17.3 Å². The molecule has 0 aliphatic heterocycles.